The summed E-state index contributed by atoms with van der Waals surface area (Å²) in [6.45, 7) is 0.682. The Morgan fingerprint density at radius 3 is 2.74 bits per heavy atom. The van der Waals surface area contributed by atoms with Gasteiger partial charge in [0.25, 0.3) is 0 Å². The van der Waals surface area contributed by atoms with Gasteiger partial charge in [-0.3, -0.25) is 9.48 Å². The topological polar surface area (TPSA) is 92.5 Å². The van der Waals surface area contributed by atoms with Crippen LogP contribution < -0.4 is 0 Å². The highest BCUT2D eigenvalue weighted by Crippen LogP contribution is 2.26. The van der Waals surface area contributed by atoms with Gasteiger partial charge < -0.3 is 5.11 Å². The fourth-order valence-corrected chi connectivity index (χ4v) is 4.35. The molecule has 1 aliphatic rings. The fourth-order valence-electron chi connectivity index (χ4n) is 2.74. The van der Waals surface area contributed by atoms with Crippen LogP contribution in [0.1, 0.15) is 18.4 Å². The van der Waals surface area contributed by atoms with Crippen LogP contribution in [-0.4, -0.2) is 46.2 Å². The summed E-state index contributed by atoms with van der Waals surface area (Å²) in [4.78, 5) is 11.2. The van der Waals surface area contributed by atoms with E-state index in [0.717, 1.165) is 9.87 Å². The number of carboxylic acids is 1. The Labute approximate surface area is 134 Å². The maximum absolute atomic E-state index is 12.6. The number of aromatic nitrogens is 2. The molecule has 2 heterocycles. The number of nitrogens with zero attached hydrogens (tertiary/aromatic N) is 3. The number of sulfonamides is 1. The fraction of sp³-hybridized carbons (Fsp3) is 0.333. The summed E-state index contributed by atoms with van der Waals surface area (Å²) < 4.78 is 27.8. The second-order valence-electron chi connectivity index (χ2n) is 5.47. The minimum atomic E-state index is -3.84. The summed E-state index contributed by atoms with van der Waals surface area (Å²) in [5, 5.41) is 13.2. The molecule has 1 aliphatic heterocycles. The van der Waals surface area contributed by atoms with Gasteiger partial charge in [-0.1, -0.05) is 30.3 Å². The summed E-state index contributed by atoms with van der Waals surface area (Å²) in [7, 11) is -3.84. The summed E-state index contributed by atoms with van der Waals surface area (Å²) in [5.74, 6) is -1.11. The molecule has 0 spiro atoms. The predicted octanol–water partition coefficient (Wildman–Crippen LogP) is 1.17. The van der Waals surface area contributed by atoms with Crippen LogP contribution in [0.5, 0.6) is 0 Å². The van der Waals surface area contributed by atoms with E-state index in [0.29, 0.717) is 19.4 Å². The van der Waals surface area contributed by atoms with E-state index in [4.69, 9.17) is 5.11 Å². The molecule has 0 unspecified atom stereocenters. The zero-order valence-corrected chi connectivity index (χ0v) is 13.2. The molecule has 1 atom stereocenters. The lowest BCUT2D eigenvalue weighted by atomic mass is 10.2. The molecule has 122 valence electrons. The molecule has 1 aromatic heterocycles. The lowest BCUT2D eigenvalue weighted by Crippen LogP contribution is -2.40. The van der Waals surface area contributed by atoms with Gasteiger partial charge in [0, 0.05) is 12.7 Å². The maximum Gasteiger partial charge on any atom is 0.322 e. The largest absolute Gasteiger partial charge is 0.480 e. The third kappa shape index (κ3) is 3.13. The zero-order chi connectivity index (χ0) is 16.4. The minimum absolute atomic E-state index is 0.0292. The first-order chi connectivity index (χ1) is 11.0. The second kappa shape index (κ2) is 6.13. The van der Waals surface area contributed by atoms with E-state index >= 15 is 0 Å². The molecule has 23 heavy (non-hydrogen) atoms. The number of hydrogen-bond acceptors (Lipinski definition) is 4. The first kappa shape index (κ1) is 15.7. The van der Waals surface area contributed by atoms with E-state index < -0.39 is 22.0 Å². The van der Waals surface area contributed by atoms with Gasteiger partial charge in [-0.25, -0.2) is 8.42 Å². The van der Waals surface area contributed by atoms with Crippen molar-refractivity contribution in [3.8, 4) is 0 Å². The van der Waals surface area contributed by atoms with Crippen LogP contribution >= 0.6 is 0 Å². The van der Waals surface area contributed by atoms with E-state index in [1.165, 1.54) is 17.1 Å². The summed E-state index contributed by atoms with van der Waals surface area (Å²) in [6.07, 6.45) is 3.61. The van der Waals surface area contributed by atoms with E-state index in [2.05, 4.69) is 5.10 Å². The number of carbonyl (C=O) groups is 1. The number of carboxylic acid groups (broad SMARTS) is 1. The van der Waals surface area contributed by atoms with Gasteiger partial charge in [0.15, 0.2) is 0 Å². The van der Waals surface area contributed by atoms with Crippen LogP contribution in [0, 0.1) is 0 Å². The van der Waals surface area contributed by atoms with E-state index in [9.17, 15) is 13.2 Å². The Bertz CT molecular complexity index is 801. The lowest BCUT2D eigenvalue weighted by molar-refractivity contribution is -0.140. The van der Waals surface area contributed by atoms with Gasteiger partial charge in [-0.15, -0.1) is 0 Å². The molecular weight excluding hydrogens is 318 g/mol. The van der Waals surface area contributed by atoms with Crippen molar-refractivity contribution >= 4 is 16.0 Å². The normalized spacial score (nSPS) is 19.0. The molecule has 1 fully saturated rings. The molecule has 0 saturated carbocycles. The average molecular weight is 335 g/mol. The number of benzene rings is 1. The van der Waals surface area contributed by atoms with Crippen molar-refractivity contribution in [1.82, 2.24) is 14.1 Å². The van der Waals surface area contributed by atoms with Crippen molar-refractivity contribution < 1.29 is 18.3 Å². The Hall–Kier alpha value is -2.19. The molecule has 2 aromatic rings. The number of rotatable bonds is 5. The average Bonchev–Trinajstić information content (AvgIpc) is 3.17. The third-order valence-corrected chi connectivity index (χ3v) is 5.75. The molecule has 1 N–H and O–H groups in total. The molecule has 3 rings (SSSR count). The SMILES string of the molecule is O=C(O)[C@H]1CCCN1S(=O)(=O)c1cnn(Cc2ccccc2)c1. The standard InChI is InChI=1S/C15H17N3O4S/c19-15(20)14-7-4-8-18(14)23(21,22)13-9-16-17(11-13)10-12-5-2-1-3-6-12/h1-3,5-6,9,11,14H,4,7-8,10H2,(H,19,20)/t14-/m1/s1. The minimum Gasteiger partial charge on any atom is -0.480 e. The summed E-state index contributed by atoms with van der Waals surface area (Å²) in [5.41, 5.74) is 1.00. The third-order valence-electron chi connectivity index (χ3n) is 3.89. The highest BCUT2D eigenvalue weighted by Gasteiger charge is 2.39. The van der Waals surface area contributed by atoms with Crippen molar-refractivity contribution in [1.29, 1.82) is 0 Å². The molecule has 1 saturated heterocycles. The Kier molecular flexibility index (Phi) is 4.18. The van der Waals surface area contributed by atoms with Gasteiger partial charge in [0.05, 0.1) is 12.7 Å². The maximum atomic E-state index is 12.6. The molecule has 8 heteroatoms. The van der Waals surface area contributed by atoms with Crippen LogP contribution in [0.2, 0.25) is 0 Å². The van der Waals surface area contributed by atoms with E-state index in [-0.39, 0.29) is 11.4 Å². The van der Waals surface area contributed by atoms with E-state index in [1.54, 1.807) is 0 Å². The second-order valence-corrected chi connectivity index (χ2v) is 7.36. The van der Waals surface area contributed by atoms with Gasteiger partial charge in [0.2, 0.25) is 10.0 Å². The quantitative estimate of drug-likeness (QED) is 0.885. The monoisotopic (exact) mass is 335 g/mol. The van der Waals surface area contributed by atoms with Crippen molar-refractivity contribution in [2.75, 3.05) is 6.54 Å². The highest BCUT2D eigenvalue weighted by molar-refractivity contribution is 7.89. The van der Waals surface area contributed by atoms with Crippen LogP contribution in [0.4, 0.5) is 0 Å². The first-order valence-electron chi connectivity index (χ1n) is 7.29. The van der Waals surface area contributed by atoms with Crippen LogP contribution in [0.3, 0.4) is 0 Å². The summed E-state index contributed by atoms with van der Waals surface area (Å²) in [6, 6.07) is 8.57. The Balaban J connectivity index is 1.83. The van der Waals surface area contributed by atoms with Gasteiger partial charge >= 0.3 is 5.97 Å². The Morgan fingerprint density at radius 2 is 2.04 bits per heavy atom. The van der Waals surface area contributed by atoms with Crippen LogP contribution in [0.25, 0.3) is 0 Å². The molecular formula is C15H17N3O4S. The smallest absolute Gasteiger partial charge is 0.322 e. The van der Waals surface area contributed by atoms with Gasteiger partial charge in [-0.2, -0.15) is 9.40 Å². The molecule has 7 nitrogen and oxygen atoms in total. The van der Waals surface area contributed by atoms with Crippen LogP contribution in [-0.2, 0) is 21.4 Å². The first-order valence-corrected chi connectivity index (χ1v) is 8.73. The number of hydrogen-bond donors (Lipinski definition) is 1. The van der Waals surface area contributed by atoms with Gasteiger partial charge in [0.1, 0.15) is 10.9 Å². The van der Waals surface area contributed by atoms with Crippen molar-refractivity contribution in [2.45, 2.75) is 30.3 Å². The highest BCUT2D eigenvalue weighted by atomic mass is 32.2. The molecule has 0 amide bonds. The molecule has 0 radical (unpaired) electrons. The lowest BCUT2D eigenvalue weighted by Gasteiger charge is -2.19. The van der Waals surface area contributed by atoms with Crippen molar-refractivity contribution in [2.24, 2.45) is 0 Å². The zero-order valence-electron chi connectivity index (χ0n) is 12.4. The van der Waals surface area contributed by atoms with Crippen molar-refractivity contribution in [3.63, 3.8) is 0 Å². The molecule has 0 bridgehead atoms. The number of aliphatic carboxylic acids is 1. The predicted molar refractivity (Wildman–Crippen MR) is 82.3 cm³/mol. The molecule has 0 aliphatic carbocycles. The van der Waals surface area contributed by atoms with Crippen LogP contribution in [0.15, 0.2) is 47.6 Å². The Morgan fingerprint density at radius 1 is 1.30 bits per heavy atom. The summed E-state index contributed by atoms with van der Waals surface area (Å²) >= 11 is 0. The van der Waals surface area contributed by atoms with Gasteiger partial charge in [-0.05, 0) is 18.4 Å². The van der Waals surface area contributed by atoms with Crippen molar-refractivity contribution in [3.05, 3.63) is 48.3 Å². The van der Waals surface area contributed by atoms with E-state index in [1.807, 2.05) is 30.3 Å². The molecule has 1 aromatic carbocycles.